The summed E-state index contributed by atoms with van der Waals surface area (Å²) in [6, 6.07) is 15.2. The zero-order valence-electron chi connectivity index (χ0n) is 14.7. The number of hydrogen-bond acceptors (Lipinski definition) is 7. The fourth-order valence-electron chi connectivity index (χ4n) is 2.76. The number of nitro benzene ring substituents is 1. The number of fused-ring (bicyclic) bond motifs is 1. The van der Waals surface area contributed by atoms with Crippen LogP contribution in [0.25, 0.3) is 22.5 Å². The predicted molar refractivity (Wildman–Crippen MR) is 98.7 cm³/mol. The third-order valence-electron chi connectivity index (χ3n) is 4.22. The minimum absolute atomic E-state index is 0.0957. The zero-order chi connectivity index (χ0) is 19.7. The predicted octanol–water partition coefficient (Wildman–Crippen LogP) is 4.66. The van der Waals surface area contributed by atoms with Gasteiger partial charge in [0, 0.05) is 23.1 Å². The SMILES string of the molecule is Cc1ccc(C(=O)OCc2cc(-c3cc4ccccc4o3)on2)cc1[N+](=O)[O-]. The van der Waals surface area contributed by atoms with Crippen molar-refractivity contribution < 1.29 is 23.4 Å². The lowest BCUT2D eigenvalue weighted by Crippen LogP contribution is -2.06. The van der Waals surface area contributed by atoms with Gasteiger partial charge in [-0.2, -0.15) is 0 Å². The lowest BCUT2D eigenvalue weighted by Gasteiger charge is -2.03. The number of carbonyl (C=O) groups is 1. The van der Waals surface area contributed by atoms with Crippen molar-refractivity contribution >= 4 is 22.6 Å². The van der Waals surface area contributed by atoms with E-state index in [1.54, 1.807) is 13.0 Å². The Bertz CT molecular complexity index is 1160. The number of furan rings is 1. The normalized spacial score (nSPS) is 10.9. The molecule has 8 nitrogen and oxygen atoms in total. The summed E-state index contributed by atoms with van der Waals surface area (Å²) in [6.07, 6.45) is 0. The van der Waals surface area contributed by atoms with Gasteiger partial charge in [0.25, 0.3) is 5.69 Å². The number of ether oxygens (including phenoxy) is 1. The lowest BCUT2D eigenvalue weighted by molar-refractivity contribution is -0.385. The molecule has 2 aromatic carbocycles. The van der Waals surface area contributed by atoms with Gasteiger partial charge in [-0.25, -0.2) is 4.79 Å². The monoisotopic (exact) mass is 378 g/mol. The van der Waals surface area contributed by atoms with Crippen molar-refractivity contribution in [2.75, 3.05) is 0 Å². The van der Waals surface area contributed by atoms with Crippen LogP contribution in [0.4, 0.5) is 5.69 Å². The van der Waals surface area contributed by atoms with Crippen molar-refractivity contribution in [2.45, 2.75) is 13.5 Å². The summed E-state index contributed by atoms with van der Waals surface area (Å²) >= 11 is 0. The summed E-state index contributed by atoms with van der Waals surface area (Å²) in [6.45, 7) is 1.46. The Labute approximate surface area is 158 Å². The second-order valence-corrected chi connectivity index (χ2v) is 6.17. The zero-order valence-corrected chi connectivity index (χ0v) is 14.7. The molecule has 0 bridgehead atoms. The lowest BCUT2D eigenvalue weighted by atomic mass is 10.1. The molecule has 4 rings (SSSR count). The standard InChI is InChI=1S/C20H14N2O6/c1-12-6-7-14(8-16(12)22(24)25)20(23)26-11-15-10-19(28-21-15)18-9-13-4-2-3-5-17(13)27-18/h2-10H,11H2,1H3. The minimum Gasteiger partial charge on any atom is -0.455 e. The van der Waals surface area contributed by atoms with Crippen LogP contribution in [0, 0.1) is 17.0 Å². The van der Waals surface area contributed by atoms with Gasteiger partial charge in [0.15, 0.2) is 5.76 Å². The number of aryl methyl sites for hydroxylation is 1. The summed E-state index contributed by atoms with van der Waals surface area (Å²) in [5, 5.41) is 15.8. The fraction of sp³-hybridized carbons (Fsp3) is 0.100. The number of benzene rings is 2. The molecule has 0 fully saturated rings. The van der Waals surface area contributed by atoms with Crippen LogP contribution in [0.1, 0.15) is 21.6 Å². The Morgan fingerprint density at radius 1 is 1.14 bits per heavy atom. The van der Waals surface area contributed by atoms with Crippen molar-refractivity contribution in [2.24, 2.45) is 0 Å². The van der Waals surface area contributed by atoms with E-state index in [0.29, 0.717) is 22.8 Å². The van der Waals surface area contributed by atoms with Gasteiger partial charge in [-0.15, -0.1) is 0 Å². The number of esters is 1. The highest BCUT2D eigenvalue weighted by Gasteiger charge is 2.17. The molecule has 0 atom stereocenters. The summed E-state index contributed by atoms with van der Waals surface area (Å²) in [7, 11) is 0. The maximum Gasteiger partial charge on any atom is 0.338 e. The van der Waals surface area contributed by atoms with Crippen LogP contribution in [0.5, 0.6) is 0 Å². The second kappa shape index (κ2) is 6.99. The first-order valence-electron chi connectivity index (χ1n) is 8.38. The molecular formula is C20H14N2O6. The Hall–Kier alpha value is -3.94. The summed E-state index contributed by atoms with van der Waals surface area (Å²) in [4.78, 5) is 22.6. The highest BCUT2D eigenvalue weighted by Crippen LogP contribution is 2.28. The van der Waals surface area contributed by atoms with Gasteiger partial charge >= 0.3 is 5.97 Å². The summed E-state index contributed by atoms with van der Waals surface area (Å²) in [5.41, 5.74) is 1.54. The number of rotatable bonds is 5. The second-order valence-electron chi connectivity index (χ2n) is 6.17. The summed E-state index contributed by atoms with van der Waals surface area (Å²) < 4.78 is 16.1. The van der Waals surface area contributed by atoms with Crippen LogP contribution in [0.2, 0.25) is 0 Å². The van der Waals surface area contributed by atoms with E-state index >= 15 is 0 Å². The van der Waals surface area contributed by atoms with Gasteiger partial charge in [-0.1, -0.05) is 29.4 Å². The van der Waals surface area contributed by atoms with Crippen LogP contribution in [0.3, 0.4) is 0 Å². The van der Waals surface area contributed by atoms with Gasteiger partial charge in [-0.05, 0) is 25.1 Å². The van der Waals surface area contributed by atoms with Crippen molar-refractivity contribution in [1.82, 2.24) is 5.16 Å². The molecule has 0 aliphatic carbocycles. The van der Waals surface area contributed by atoms with E-state index < -0.39 is 10.9 Å². The first-order valence-corrected chi connectivity index (χ1v) is 8.38. The number of nitrogens with zero attached hydrogens (tertiary/aromatic N) is 2. The highest BCUT2D eigenvalue weighted by molar-refractivity contribution is 5.90. The molecule has 2 heterocycles. The van der Waals surface area contributed by atoms with Crippen LogP contribution < -0.4 is 0 Å². The number of nitro groups is 1. The smallest absolute Gasteiger partial charge is 0.338 e. The van der Waals surface area contributed by atoms with Gasteiger partial charge in [0.1, 0.15) is 17.9 Å². The Balaban J connectivity index is 1.46. The number of carbonyl (C=O) groups excluding carboxylic acids is 1. The van der Waals surface area contributed by atoms with Gasteiger partial charge in [-0.3, -0.25) is 10.1 Å². The van der Waals surface area contributed by atoms with E-state index in [4.69, 9.17) is 13.7 Å². The van der Waals surface area contributed by atoms with Gasteiger partial charge in [0.2, 0.25) is 5.76 Å². The largest absolute Gasteiger partial charge is 0.455 e. The fourth-order valence-corrected chi connectivity index (χ4v) is 2.76. The molecule has 0 saturated carbocycles. The molecule has 0 unspecified atom stereocenters. The Morgan fingerprint density at radius 3 is 2.75 bits per heavy atom. The van der Waals surface area contributed by atoms with E-state index in [9.17, 15) is 14.9 Å². The van der Waals surface area contributed by atoms with Crippen LogP contribution in [-0.4, -0.2) is 16.0 Å². The molecule has 0 spiro atoms. The topological polar surface area (TPSA) is 109 Å². The third-order valence-corrected chi connectivity index (χ3v) is 4.22. The molecule has 0 aliphatic rings. The van der Waals surface area contributed by atoms with Gasteiger partial charge < -0.3 is 13.7 Å². The molecule has 0 amide bonds. The van der Waals surface area contributed by atoms with E-state index in [1.807, 2.05) is 30.3 Å². The molecule has 28 heavy (non-hydrogen) atoms. The molecule has 0 N–H and O–H groups in total. The molecule has 140 valence electrons. The molecule has 2 aromatic heterocycles. The average molecular weight is 378 g/mol. The third kappa shape index (κ3) is 3.35. The first-order chi connectivity index (χ1) is 13.5. The quantitative estimate of drug-likeness (QED) is 0.282. The maximum atomic E-state index is 12.2. The Morgan fingerprint density at radius 2 is 1.96 bits per heavy atom. The summed E-state index contributed by atoms with van der Waals surface area (Å²) in [5.74, 6) is 0.241. The molecule has 0 saturated heterocycles. The van der Waals surface area contributed by atoms with Crippen molar-refractivity contribution in [3.8, 4) is 11.5 Å². The number of aromatic nitrogens is 1. The Kier molecular flexibility index (Phi) is 4.36. The van der Waals surface area contributed by atoms with Crippen LogP contribution in [0.15, 0.2) is 63.5 Å². The number of hydrogen-bond donors (Lipinski definition) is 0. The van der Waals surface area contributed by atoms with Gasteiger partial charge in [0.05, 0.1) is 10.5 Å². The minimum atomic E-state index is -0.684. The first kappa shape index (κ1) is 17.5. The van der Waals surface area contributed by atoms with Crippen LogP contribution >= 0.6 is 0 Å². The molecule has 4 aromatic rings. The van der Waals surface area contributed by atoms with E-state index in [2.05, 4.69) is 5.16 Å². The molecule has 0 aliphatic heterocycles. The highest BCUT2D eigenvalue weighted by atomic mass is 16.6. The molecule has 0 radical (unpaired) electrons. The number of para-hydroxylation sites is 1. The van der Waals surface area contributed by atoms with Crippen molar-refractivity contribution in [3.63, 3.8) is 0 Å². The maximum absolute atomic E-state index is 12.2. The van der Waals surface area contributed by atoms with E-state index in [-0.39, 0.29) is 17.9 Å². The van der Waals surface area contributed by atoms with Crippen molar-refractivity contribution in [1.29, 1.82) is 0 Å². The van der Waals surface area contributed by atoms with E-state index in [1.165, 1.54) is 18.2 Å². The van der Waals surface area contributed by atoms with E-state index in [0.717, 1.165) is 11.0 Å². The van der Waals surface area contributed by atoms with Crippen molar-refractivity contribution in [3.05, 3.63) is 81.5 Å². The molecule has 8 heteroatoms. The average Bonchev–Trinajstić information content (AvgIpc) is 3.32. The molecular weight excluding hydrogens is 364 g/mol. The van der Waals surface area contributed by atoms with Crippen LogP contribution in [-0.2, 0) is 11.3 Å².